The van der Waals surface area contributed by atoms with Crippen LogP contribution in [0.3, 0.4) is 0 Å². The SMILES string of the molecule is CCC(Sc1cccc(NC(=O)c2ccc(C)cc2)c1)C(=O)Nc1sc2c(c1C(=O)OC)CCC(C(C)(C)C)C2. The van der Waals surface area contributed by atoms with E-state index in [9.17, 15) is 14.4 Å². The normalized spacial score (nSPS) is 15.6. The van der Waals surface area contributed by atoms with Crippen LogP contribution in [0.2, 0.25) is 0 Å². The number of thioether (sulfide) groups is 1. The molecule has 0 aliphatic heterocycles. The fourth-order valence-electron chi connectivity index (χ4n) is 4.97. The number of carbonyl (C=O) groups excluding carboxylic acids is 3. The number of benzene rings is 2. The molecule has 3 aromatic rings. The van der Waals surface area contributed by atoms with Gasteiger partial charge in [-0.15, -0.1) is 23.1 Å². The number of ether oxygens (including phenoxy) is 1. The van der Waals surface area contributed by atoms with E-state index in [4.69, 9.17) is 4.74 Å². The van der Waals surface area contributed by atoms with E-state index in [1.165, 1.54) is 35.1 Å². The van der Waals surface area contributed by atoms with Crippen LogP contribution in [0.4, 0.5) is 10.7 Å². The third-order valence-corrected chi connectivity index (χ3v) is 9.99. The summed E-state index contributed by atoms with van der Waals surface area (Å²) in [6.07, 6.45) is 3.31. The number of thiophene rings is 1. The molecule has 2 unspecified atom stereocenters. The zero-order chi connectivity index (χ0) is 29.0. The summed E-state index contributed by atoms with van der Waals surface area (Å²) in [5.74, 6) is -0.222. The van der Waals surface area contributed by atoms with Crippen LogP contribution in [0.1, 0.15) is 77.3 Å². The van der Waals surface area contributed by atoms with Crippen molar-refractivity contribution in [2.75, 3.05) is 17.7 Å². The molecule has 2 amide bonds. The van der Waals surface area contributed by atoms with E-state index in [0.717, 1.165) is 35.3 Å². The van der Waals surface area contributed by atoms with Gasteiger partial charge in [-0.3, -0.25) is 9.59 Å². The first-order valence-corrected chi connectivity index (χ1v) is 15.4. The standard InChI is InChI=1S/C32H38N2O4S2/c1-7-25(39-23-10-8-9-22(18-23)33-28(35)20-13-11-19(2)12-14-20)29(36)34-30-27(31(37)38-6)24-16-15-21(32(3,4)5)17-26(24)40-30/h8-14,18,21,25H,7,15-17H2,1-6H3,(H,33,35)(H,34,36). The van der Waals surface area contributed by atoms with Gasteiger partial charge < -0.3 is 15.4 Å². The minimum absolute atomic E-state index is 0.155. The molecule has 0 fully saturated rings. The monoisotopic (exact) mass is 578 g/mol. The Labute approximate surface area is 245 Å². The average Bonchev–Trinajstić information content (AvgIpc) is 3.28. The topological polar surface area (TPSA) is 84.5 Å². The first-order chi connectivity index (χ1) is 19.0. The number of esters is 1. The molecule has 0 radical (unpaired) electrons. The Balaban J connectivity index is 1.49. The zero-order valence-electron chi connectivity index (χ0n) is 24.1. The van der Waals surface area contributed by atoms with Gasteiger partial charge in [0.1, 0.15) is 5.00 Å². The van der Waals surface area contributed by atoms with Crippen molar-refractivity contribution in [1.82, 2.24) is 0 Å². The van der Waals surface area contributed by atoms with E-state index in [2.05, 4.69) is 31.4 Å². The molecule has 0 saturated carbocycles. The number of anilines is 2. The van der Waals surface area contributed by atoms with Crippen LogP contribution >= 0.6 is 23.1 Å². The quantitative estimate of drug-likeness (QED) is 0.211. The number of fused-ring (bicyclic) bond motifs is 1. The van der Waals surface area contributed by atoms with Crippen LogP contribution in [0.25, 0.3) is 0 Å². The summed E-state index contributed by atoms with van der Waals surface area (Å²) in [5.41, 5.74) is 4.04. The minimum Gasteiger partial charge on any atom is -0.465 e. The first-order valence-electron chi connectivity index (χ1n) is 13.7. The van der Waals surface area contributed by atoms with Crippen LogP contribution < -0.4 is 10.6 Å². The molecule has 2 aromatic carbocycles. The third kappa shape index (κ3) is 6.96. The van der Waals surface area contributed by atoms with E-state index in [-0.39, 0.29) is 22.5 Å². The van der Waals surface area contributed by atoms with Crippen molar-refractivity contribution in [1.29, 1.82) is 0 Å². The summed E-state index contributed by atoms with van der Waals surface area (Å²) >= 11 is 2.95. The number of aryl methyl sites for hydroxylation is 1. The number of rotatable bonds is 8. The van der Waals surface area contributed by atoms with E-state index in [0.29, 0.717) is 34.2 Å². The summed E-state index contributed by atoms with van der Waals surface area (Å²) in [6.45, 7) is 10.7. The Hall–Kier alpha value is -3.10. The second-order valence-electron chi connectivity index (χ2n) is 11.4. The van der Waals surface area contributed by atoms with Gasteiger partial charge in [-0.05, 0) is 79.8 Å². The lowest BCUT2D eigenvalue weighted by atomic mass is 9.72. The lowest BCUT2D eigenvalue weighted by Gasteiger charge is -2.33. The predicted octanol–water partition coefficient (Wildman–Crippen LogP) is 7.76. The van der Waals surface area contributed by atoms with Crippen molar-refractivity contribution in [3.8, 4) is 0 Å². The molecule has 40 heavy (non-hydrogen) atoms. The number of amides is 2. The van der Waals surface area contributed by atoms with Gasteiger partial charge in [0.25, 0.3) is 5.91 Å². The fraction of sp³-hybridized carbons (Fsp3) is 0.406. The fourth-order valence-corrected chi connectivity index (χ4v) is 7.30. The molecule has 0 bridgehead atoms. The Morgan fingerprint density at radius 2 is 1.82 bits per heavy atom. The molecule has 4 rings (SSSR count). The second-order valence-corrected chi connectivity index (χ2v) is 13.7. The number of carbonyl (C=O) groups is 3. The van der Waals surface area contributed by atoms with E-state index in [1.807, 2.05) is 50.2 Å². The molecule has 0 spiro atoms. The molecular formula is C32H38N2O4S2. The van der Waals surface area contributed by atoms with Crippen molar-refractivity contribution < 1.29 is 19.1 Å². The van der Waals surface area contributed by atoms with Crippen molar-refractivity contribution >= 4 is 51.6 Å². The van der Waals surface area contributed by atoms with Crippen molar-refractivity contribution in [2.45, 2.75) is 70.4 Å². The molecule has 2 atom stereocenters. The van der Waals surface area contributed by atoms with Crippen LogP contribution in [0.15, 0.2) is 53.4 Å². The van der Waals surface area contributed by atoms with E-state index in [1.54, 1.807) is 12.1 Å². The van der Waals surface area contributed by atoms with Crippen LogP contribution in [0.5, 0.6) is 0 Å². The van der Waals surface area contributed by atoms with Crippen molar-refractivity contribution in [3.63, 3.8) is 0 Å². The lowest BCUT2D eigenvalue weighted by Crippen LogP contribution is -2.27. The maximum atomic E-state index is 13.5. The number of hydrogen-bond donors (Lipinski definition) is 2. The van der Waals surface area contributed by atoms with Crippen LogP contribution in [-0.4, -0.2) is 30.1 Å². The van der Waals surface area contributed by atoms with Gasteiger partial charge in [0.15, 0.2) is 0 Å². The maximum absolute atomic E-state index is 13.5. The number of methoxy groups -OCH3 is 1. The lowest BCUT2D eigenvalue weighted by molar-refractivity contribution is -0.115. The molecule has 1 heterocycles. The molecule has 1 aliphatic carbocycles. The summed E-state index contributed by atoms with van der Waals surface area (Å²) < 4.78 is 5.12. The predicted molar refractivity (Wildman–Crippen MR) is 165 cm³/mol. The molecule has 8 heteroatoms. The van der Waals surface area contributed by atoms with Gasteiger partial charge in [-0.1, -0.05) is 51.5 Å². The molecule has 6 nitrogen and oxygen atoms in total. The van der Waals surface area contributed by atoms with Gasteiger partial charge in [0.2, 0.25) is 5.91 Å². The highest BCUT2D eigenvalue weighted by molar-refractivity contribution is 8.00. The minimum atomic E-state index is -0.403. The Morgan fingerprint density at radius 3 is 2.48 bits per heavy atom. The molecule has 1 aliphatic rings. The highest BCUT2D eigenvalue weighted by Gasteiger charge is 2.35. The van der Waals surface area contributed by atoms with Gasteiger partial charge in [-0.2, -0.15) is 0 Å². The average molecular weight is 579 g/mol. The summed E-state index contributed by atoms with van der Waals surface area (Å²) in [6, 6.07) is 14.9. The summed E-state index contributed by atoms with van der Waals surface area (Å²) in [7, 11) is 1.38. The molecule has 212 valence electrons. The van der Waals surface area contributed by atoms with Gasteiger partial charge in [0, 0.05) is 21.0 Å². The van der Waals surface area contributed by atoms with E-state index < -0.39 is 5.97 Å². The van der Waals surface area contributed by atoms with Crippen molar-refractivity contribution in [2.24, 2.45) is 11.3 Å². The van der Waals surface area contributed by atoms with Gasteiger partial charge in [-0.25, -0.2) is 4.79 Å². The van der Waals surface area contributed by atoms with Gasteiger partial charge >= 0.3 is 5.97 Å². The maximum Gasteiger partial charge on any atom is 0.341 e. The Morgan fingerprint density at radius 1 is 1.10 bits per heavy atom. The van der Waals surface area contributed by atoms with Crippen molar-refractivity contribution in [3.05, 3.63) is 75.7 Å². The summed E-state index contributed by atoms with van der Waals surface area (Å²) in [5, 5.41) is 6.21. The summed E-state index contributed by atoms with van der Waals surface area (Å²) in [4.78, 5) is 41.0. The molecule has 1 aromatic heterocycles. The largest absolute Gasteiger partial charge is 0.465 e. The third-order valence-electron chi connectivity index (χ3n) is 7.46. The second kappa shape index (κ2) is 12.6. The van der Waals surface area contributed by atoms with E-state index >= 15 is 0 Å². The number of hydrogen-bond acceptors (Lipinski definition) is 6. The Bertz CT molecular complexity index is 1390. The smallest absolute Gasteiger partial charge is 0.341 e. The van der Waals surface area contributed by atoms with Crippen LogP contribution in [-0.2, 0) is 22.4 Å². The Kier molecular flexibility index (Phi) is 9.41. The van der Waals surface area contributed by atoms with Crippen LogP contribution in [0, 0.1) is 18.3 Å². The van der Waals surface area contributed by atoms with Gasteiger partial charge in [0.05, 0.1) is 17.9 Å². The highest BCUT2D eigenvalue weighted by atomic mass is 32.2. The molecule has 2 N–H and O–H groups in total. The molecular weight excluding hydrogens is 540 g/mol. The highest BCUT2D eigenvalue weighted by Crippen LogP contribution is 2.44. The first kappa shape index (κ1) is 29.9. The number of nitrogens with one attached hydrogen (secondary N) is 2. The molecule has 0 saturated heterocycles. The zero-order valence-corrected chi connectivity index (χ0v) is 25.7.